The van der Waals surface area contributed by atoms with E-state index in [-0.39, 0.29) is 17.6 Å². The summed E-state index contributed by atoms with van der Waals surface area (Å²) in [4.78, 5) is 39.9. The molecule has 4 heterocycles. The molecule has 2 amide bonds. The maximum absolute atomic E-state index is 13.5. The number of methoxy groups -OCH3 is 2. The van der Waals surface area contributed by atoms with Gasteiger partial charge in [0, 0.05) is 24.0 Å². The number of hydrogen-bond acceptors (Lipinski definition) is 7. The van der Waals surface area contributed by atoms with E-state index < -0.39 is 36.0 Å². The average molecular weight is 487 g/mol. The van der Waals surface area contributed by atoms with Crippen molar-refractivity contribution < 1.29 is 32.2 Å². The molecule has 0 fully saturated rings. The van der Waals surface area contributed by atoms with Gasteiger partial charge in [0.2, 0.25) is 23.6 Å². The zero-order valence-electron chi connectivity index (χ0n) is 18.9. The first-order valence-corrected chi connectivity index (χ1v) is 10.4. The number of halogens is 3. The van der Waals surface area contributed by atoms with E-state index >= 15 is 0 Å². The van der Waals surface area contributed by atoms with Gasteiger partial charge in [-0.15, -0.1) is 0 Å². The molecule has 0 spiro atoms. The third-order valence-electron chi connectivity index (χ3n) is 5.45. The summed E-state index contributed by atoms with van der Waals surface area (Å²) in [6.45, 7) is 1.21. The summed E-state index contributed by atoms with van der Waals surface area (Å²) in [7, 11) is 2.82. The summed E-state index contributed by atoms with van der Waals surface area (Å²) in [5.74, 6) is -1.57. The number of rotatable bonds is 5. The van der Waals surface area contributed by atoms with Crippen molar-refractivity contribution in [2.75, 3.05) is 31.0 Å². The summed E-state index contributed by atoms with van der Waals surface area (Å²) >= 11 is 0. The molecular formula is C23H20F3N5O4. The average Bonchev–Trinajstić information content (AvgIpc) is 2.92. The Morgan fingerprint density at radius 3 is 2.57 bits per heavy atom. The van der Waals surface area contributed by atoms with E-state index in [9.17, 15) is 22.8 Å². The standard InChI is InChI=1S/C23H20F3N5O4/c1-12-20-14(5-4-8-27-20)19-15(9-18(34-2)30-21(19)35-3)31(22(12)33)11-17(32)29-16-7-6-13(10-28-16)23(24,25)26/h4-10,12H,11H2,1-3H3,(H,28,29,32)/t12-/m1/s1. The zero-order chi connectivity index (χ0) is 25.3. The van der Waals surface area contributed by atoms with Gasteiger partial charge in [0.15, 0.2) is 0 Å². The number of carbonyl (C=O) groups excluding carboxylic acids is 2. The highest BCUT2D eigenvalue weighted by Gasteiger charge is 2.36. The molecule has 0 aromatic carbocycles. The Morgan fingerprint density at radius 1 is 1.17 bits per heavy atom. The van der Waals surface area contributed by atoms with Gasteiger partial charge in [-0.05, 0) is 25.1 Å². The highest BCUT2D eigenvalue weighted by molar-refractivity contribution is 6.09. The molecule has 0 saturated heterocycles. The van der Waals surface area contributed by atoms with E-state index in [4.69, 9.17) is 9.47 Å². The highest BCUT2D eigenvalue weighted by Crippen LogP contribution is 2.45. The molecule has 4 rings (SSSR count). The number of nitrogens with zero attached hydrogens (tertiary/aromatic N) is 4. The Bertz CT molecular complexity index is 1280. The van der Waals surface area contributed by atoms with Crippen molar-refractivity contribution in [1.82, 2.24) is 15.0 Å². The second kappa shape index (κ2) is 9.20. The predicted octanol–water partition coefficient (Wildman–Crippen LogP) is 3.66. The smallest absolute Gasteiger partial charge is 0.417 e. The first kappa shape index (κ1) is 23.9. The van der Waals surface area contributed by atoms with Crippen LogP contribution in [0.4, 0.5) is 24.7 Å². The van der Waals surface area contributed by atoms with E-state index in [1.54, 1.807) is 25.3 Å². The molecule has 9 nitrogen and oxygen atoms in total. The number of nitrogens with one attached hydrogen (secondary N) is 1. The second-order valence-electron chi connectivity index (χ2n) is 7.63. The Morgan fingerprint density at radius 2 is 1.94 bits per heavy atom. The van der Waals surface area contributed by atoms with Crippen molar-refractivity contribution in [3.8, 4) is 22.9 Å². The zero-order valence-corrected chi connectivity index (χ0v) is 18.9. The summed E-state index contributed by atoms with van der Waals surface area (Å²) in [5, 5.41) is 2.43. The number of fused-ring (bicyclic) bond motifs is 3. The van der Waals surface area contributed by atoms with Gasteiger partial charge in [-0.25, -0.2) is 4.98 Å². The van der Waals surface area contributed by atoms with Crippen molar-refractivity contribution in [3.63, 3.8) is 0 Å². The van der Waals surface area contributed by atoms with Crippen LogP contribution in [-0.4, -0.2) is 47.5 Å². The van der Waals surface area contributed by atoms with Gasteiger partial charge >= 0.3 is 6.18 Å². The van der Waals surface area contributed by atoms with Crippen molar-refractivity contribution >= 4 is 23.3 Å². The molecule has 0 aliphatic carbocycles. The van der Waals surface area contributed by atoms with Crippen LogP contribution in [0.1, 0.15) is 24.1 Å². The van der Waals surface area contributed by atoms with Crippen molar-refractivity contribution in [1.29, 1.82) is 0 Å². The van der Waals surface area contributed by atoms with Gasteiger partial charge in [0.25, 0.3) is 0 Å². The second-order valence-corrected chi connectivity index (χ2v) is 7.63. The van der Waals surface area contributed by atoms with Gasteiger partial charge in [-0.1, -0.05) is 6.07 Å². The van der Waals surface area contributed by atoms with Crippen LogP contribution in [-0.2, 0) is 15.8 Å². The van der Waals surface area contributed by atoms with E-state index in [2.05, 4.69) is 20.3 Å². The normalized spacial score (nSPS) is 15.1. The number of anilines is 2. The fourth-order valence-electron chi connectivity index (χ4n) is 3.77. The summed E-state index contributed by atoms with van der Waals surface area (Å²) in [6.07, 6.45) is -2.37. The van der Waals surface area contributed by atoms with Crippen molar-refractivity contribution in [3.05, 3.63) is 54.0 Å². The number of pyridine rings is 3. The largest absolute Gasteiger partial charge is 0.481 e. The summed E-state index contributed by atoms with van der Waals surface area (Å²) in [5.41, 5.74) is 0.916. The van der Waals surface area contributed by atoms with Crippen LogP contribution < -0.4 is 19.7 Å². The lowest BCUT2D eigenvalue weighted by molar-refractivity contribution is -0.137. The first-order chi connectivity index (χ1) is 16.6. The van der Waals surface area contributed by atoms with E-state index in [0.29, 0.717) is 28.7 Å². The Labute approximate surface area is 197 Å². The summed E-state index contributed by atoms with van der Waals surface area (Å²) < 4.78 is 49.1. The number of hydrogen-bond donors (Lipinski definition) is 1. The van der Waals surface area contributed by atoms with Gasteiger partial charge < -0.3 is 19.7 Å². The van der Waals surface area contributed by atoms with Crippen LogP contribution in [0.2, 0.25) is 0 Å². The molecule has 0 bridgehead atoms. The quantitative estimate of drug-likeness (QED) is 0.585. The van der Waals surface area contributed by atoms with Crippen LogP contribution in [0.3, 0.4) is 0 Å². The topological polar surface area (TPSA) is 107 Å². The molecule has 3 aromatic heterocycles. The minimum atomic E-state index is -4.55. The highest BCUT2D eigenvalue weighted by atomic mass is 19.4. The van der Waals surface area contributed by atoms with Crippen LogP contribution >= 0.6 is 0 Å². The van der Waals surface area contributed by atoms with E-state index in [1.807, 2.05) is 0 Å². The fourth-order valence-corrected chi connectivity index (χ4v) is 3.77. The Hall–Kier alpha value is -4.22. The summed E-state index contributed by atoms with van der Waals surface area (Å²) in [6, 6.07) is 6.84. The molecular weight excluding hydrogens is 467 g/mol. The van der Waals surface area contributed by atoms with Gasteiger partial charge in [0.05, 0.1) is 42.6 Å². The van der Waals surface area contributed by atoms with Crippen molar-refractivity contribution in [2.24, 2.45) is 0 Å². The molecule has 1 N–H and O–H groups in total. The van der Waals surface area contributed by atoms with Crippen LogP contribution in [0, 0.1) is 0 Å². The lowest BCUT2D eigenvalue weighted by atomic mass is 9.98. The third kappa shape index (κ3) is 4.59. The van der Waals surface area contributed by atoms with Gasteiger partial charge in [-0.3, -0.25) is 14.6 Å². The number of ether oxygens (including phenoxy) is 2. The van der Waals surface area contributed by atoms with Crippen molar-refractivity contribution in [2.45, 2.75) is 19.0 Å². The molecule has 0 unspecified atom stereocenters. The monoisotopic (exact) mass is 487 g/mol. The molecule has 12 heteroatoms. The first-order valence-electron chi connectivity index (χ1n) is 10.4. The van der Waals surface area contributed by atoms with Gasteiger partial charge in [-0.2, -0.15) is 18.2 Å². The molecule has 1 aliphatic rings. The number of carbonyl (C=O) groups is 2. The third-order valence-corrected chi connectivity index (χ3v) is 5.45. The van der Waals surface area contributed by atoms with Gasteiger partial charge in [0.1, 0.15) is 12.4 Å². The van der Waals surface area contributed by atoms with Crippen LogP contribution in [0.25, 0.3) is 11.1 Å². The lowest BCUT2D eigenvalue weighted by Crippen LogP contribution is -2.40. The maximum Gasteiger partial charge on any atom is 0.417 e. The van der Waals surface area contributed by atoms with E-state index in [0.717, 1.165) is 12.1 Å². The maximum atomic E-state index is 13.5. The molecule has 1 aliphatic heterocycles. The minimum absolute atomic E-state index is 0.0895. The SMILES string of the molecule is COc1cc2c(c(OC)n1)-c1cccnc1[C@@H](C)C(=O)N2CC(=O)Nc1ccc(C(F)(F)F)cn1. The molecule has 35 heavy (non-hydrogen) atoms. The molecule has 0 saturated carbocycles. The number of aromatic nitrogens is 3. The minimum Gasteiger partial charge on any atom is -0.481 e. The van der Waals surface area contributed by atoms with E-state index in [1.165, 1.54) is 25.2 Å². The molecule has 3 aromatic rings. The Balaban J connectivity index is 1.72. The predicted molar refractivity (Wildman–Crippen MR) is 119 cm³/mol. The fraction of sp³-hybridized carbons (Fsp3) is 0.261. The number of amides is 2. The molecule has 0 radical (unpaired) electrons. The Kier molecular flexibility index (Phi) is 6.29. The van der Waals surface area contributed by atoms with Crippen LogP contribution in [0.5, 0.6) is 11.8 Å². The number of alkyl halides is 3. The molecule has 182 valence electrons. The molecule has 1 atom stereocenters. The lowest BCUT2D eigenvalue weighted by Gasteiger charge is -2.25. The van der Waals surface area contributed by atoms with Crippen LogP contribution in [0.15, 0.2) is 42.7 Å².